The monoisotopic (exact) mass is 358 g/mol. The minimum Gasteiger partial charge on any atom is -0.459 e. The highest BCUT2D eigenvalue weighted by Crippen LogP contribution is 2.36. The summed E-state index contributed by atoms with van der Waals surface area (Å²) < 4.78 is 49.4. The van der Waals surface area contributed by atoms with Crippen molar-refractivity contribution in [3.63, 3.8) is 0 Å². The quantitative estimate of drug-likeness (QED) is 0.905. The first-order chi connectivity index (χ1) is 11.8. The van der Waals surface area contributed by atoms with E-state index in [1.165, 1.54) is 11.2 Å². The number of hydrogen-bond donors (Lipinski definition) is 1. The molecule has 25 heavy (non-hydrogen) atoms. The van der Waals surface area contributed by atoms with Crippen molar-refractivity contribution in [1.29, 1.82) is 0 Å². The van der Waals surface area contributed by atoms with Gasteiger partial charge in [-0.15, -0.1) is 5.10 Å². The van der Waals surface area contributed by atoms with Crippen molar-refractivity contribution in [3.8, 4) is 11.7 Å². The molecule has 1 saturated heterocycles. The molecule has 0 aliphatic carbocycles. The van der Waals surface area contributed by atoms with E-state index in [-0.39, 0.29) is 25.0 Å². The molecule has 0 radical (unpaired) electrons. The third kappa shape index (κ3) is 4.19. The number of halogens is 3. The lowest BCUT2D eigenvalue weighted by Gasteiger charge is -2.37. The summed E-state index contributed by atoms with van der Waals surface area (Å²) in [5.41, 5.74) is 0. The van der Waals surface area contributed by atoms with E-state index in [4.69, 9.17) is 8.83 Å². The van der Waals surface area contributed by atoms with Gasteiger partial charge in [0.1, 0.15) is 0 Å². The smallest absolute Gasteiger partial charge is 0.393 e. The summed E-state index contributed by atoms with van der Waals surface area (Å²) in [4.78, 5) is 13.5. The molecule has 7 nitrogen and oxygen atoms in total. The highest BCUT2D eigenvalue weighted by molar-refractivity contribution is 5.90. The van der Waals surface area contributed by atoms with Crippen LogP contribution < -0.4 is 5.32 Å². The number of anilines is 1. The van der Waals surface area contributed by atoms with Crippen LogP contribution in [-0.4, -0.2) is 46.8 Å². The first kappa shape index (κ1) is 17.5. The summed E-state index contributed by atoms with van der Waals surface area (Å²) in [6.45, 7) is 1.66. The van der Waals surface area contributed by atoms with Gasteiger partial charge in [-0.1, -0.05) is 12.0 Å². The molecule has 1 fully saturated rings. The Morgan fingerprint density at radius 2 is 2.24 bits per heavy atom. The van der Waals surface area contributed by atoms with E-state index >= 15 is 0 Å². The second kappa shape index (κ2) is 6.87. The van der Waals surface area contributed by atoms with E-state index in [0.29, 0.717) is 18.7 Å². The fourth-order valence-electron chi connectivity index (χ4n) is 2.84. The Balaban J connectivity index is 1.56. The Morgan fingerprint density at radius 3 is 2.92 bits per heavy atom. The number of nitrogens with zero attached hydrogens (tertiary/aromatic N) is 3. The van der Waals surface area contributed by atoms with E-state index in [0.717, 1.165) is 0 Å². The van der Waals surface area contributed by atoms with E-state index in [1.807, 2.05) is 0 Å². The van der Waals surface area contributed by atoms with E-state index in [9.17, 15) is 18.0 Å². The molecule has 0 spiro atoms. The molecule has 0 aromatic carbocycles. The number of likely N-dealkylation sites (tertiary alicyclic amines) is 1. The van der Waals surface area contributed by atoms with Gasteiger partial charge < -0.3 is 8.83 Å². The van der Waals surface area contributed by atoms with Crippen molar-refractivity contribution in [1.82, 2.24) is 15.1 Å². The SMILES string of the molecule is CC1CCN(CC(=O)Nc2nnc(-c3ccco3)o2)CC1C(F)(F)F. The fraction of sp³-hybridized carbons (Fsp3) is 0.533. The standard InChI is InChI=1S/C15H17F3N4O3/c1-9-4-5-22(7-10(9)15(16,17)18)8-12(23)19-14-21-20-13(25-14)11-3-2-6-24-11/h2-3,6,9-10H,4-5,7-8H2,1H3,(H,19,21,23). The van der Waals surface area contributed by atoms with Crippen LogP contribution in [0, 0.1) is 11.8 Å². The van der Waals surface area contributed by atoms with Crippen molar-refractivity contribution < 1.29 is 26.8 Å². The van der Waals surface area contributed by atoms with Gasteiger partial charge in [-0.25, -0.2) is 0 Å². The predicted molar refractivity (Wildman–Crippen MR) is 80.4 cm³/mol. The molecule has 0 saturated carbocycles. The Kier molecular flexibility index (Phi) is 4.80. The van der Waals surface area contributed by atoms with Gasteiger partial charge in [-0.2, -0.15) is 13.2 Å². The van der Waals surface area contributed by atoms with Gasteiger partial charge in [0.05, 0.1) is 18.7 Å². The molecule has 2 atom stereocenters. The molecule has 10 heteroatoms. The average Bonchev–Trinajstić information content (AvgIpc) is 3.19. The van der Waals surface area contributed by atoms with Crippen molar-refractivity contribution in [2.75, 3.05) is 25.0 Å². The number of carbonyl (C=O) groups excluding carboxylic acids is 1. The number of aromatic nitrogens is 2. The molecule has 0 bridgehead atoms. The first-order valence-electron chi connectivity index (χ1n) is 7.79. The zero-order valence-electron chi connectivity index (χ0n) is 13.4. The Bertz CT molecular complexity index is 714. The van der Waals surface area contributed by atoms with Crippen molar-refractivity contribution in [2.45, 2.75) is 19.5 Å². The highest BCUT2D eigenvalue weighted by atomic mass is 19.4. The molecule has 1 N–H and O–H groups in total. The van der Waals surface area contributed by atoms with Crippen LogP contribution in [0.3, 0.4) is 0 Å². The zero-order valence-corrected chi connectivity index (χ0v) is 13.4. The number of amides is 1. The second-order valence-corrected chi connectivity index (χ2v) is 6.09. The molecule has 3 rings (SSSR count). The first-order valence-corrected chi connectivity index (χ1v) is 7.79. The van der Waals surface area contributed by atoms with E-state index in [1.54, 1.807) is 19.1 Å². The Hall–Kier alpha value is -2.36. The summed E-state index contributed by atoms with van der Waals surface area (Å²) in [6, 6.07) is 3.13. The number of nitrogens with one attached hydrogen (secondary N) is 1. The maximum Gasteiger partial charge on any atom is 0.393 e. The number of carbonyl (C=O) groups is 1. The van der Waals surface area contributed by atoms with Crippen LogP contribution in [0.1, 0.15) is 13.3 Å². The zero-order chi connectivity index (χ0) is 18.0. The molecule has 2 aromatic heterocycles. The van der Waals surface area contributed by atoms with Crippen LogP contribution in [-0.2, 0) is 4.79 Å². The number of furan rings is 1. The minimum absolute atomic E-state index is 0.101. The maximum absolute atomic E-state index is 13.0. The lowest BCUT2D eigenvalue weighted by Crippen LogP contribution is -2.48. The normalized spacial score (nSPS) is 22.1. The van der Waals surface area contributed by atoms with Gasteiger partial charge in [-0.3, -0.25) is 15.0 Å². The molecule has 3 heterocycles. The van der Waals surface area contributed by atoms with Gasteiger partial charge in [0.25, 0.3) is 5.89 Å². The van der Waals surface area contributed by atoms with Gasteiger partial charge in [0, 0.05) is 6.54 Å². The predicted octanol–water partition coefficient (Wildman–Crippen LogP) is 2.79. The van der Waals surface area contributed by atoms with Gasteiger partial charge in [0.2, 0.25) is 5.91 Å². The summed E-state index contributed by atoms with van der Waals surface area (Å²) in [5, 5.41) is 9.78. The van der Waals surface area contributed by atoms with Crippen LogP contribution in [0.15, 0.2) is 27.2 Å². The van der Waals surface area contributed by atoms with Gasteiger partial charge >= 0.3 is 12.2 Å². The molecule has 1 aliphatic heterocycles. The summed E-state index contributed by atoms with van der Waals surface area (Å²) in [5.74, 6) is -1.94. The van der Waals surface area contributed by atoms with Crippen LogP contribution in [0.4, 0.5) is 19.2 Å². The third-order valence-electron chi connectivity index (χ3n) is 4.23. The van der Waals surface area contributed by atoms with Crippen LogP contribution in [0.25, 0.3) is 11.7 Å². The van der Waals surface area contributed by atoms with Gasteiger partial charge in [0.15, 0.2) is 5.76 Å². The lowest BCUT2D eigenvalue weighted by molar-refractivity contribution is -0.199. The van der Waals surface area contributed by atoms with E-state index < -0.39 is 23.9 Å². The average molecular weight is 358 g/mol. The van der Waals surface area contributed by atoms with Crippen LogP contribution >= 0.6 is 0 Å². The van der Waals surface area contributed by atoms with Gasteiger partial charge in [-0.05, 0) is 31.0 Å². The number of rotatable bonds is 4. The minimum atomic E-state index is -4.26. The molecular weight excluding hydrogens is 341 g/mol. The molecular formula is C15H17F3N4O3. The molecule has 2 aromatic rings. The molecule has 1 amide bonds. The summed E-state index contributed by atoms with van der Waals surface area (Å²) >= 11 is 0. The summed E-state index contributed by atoms with van der Waals surface area (Å²) in [6.07, 6.45) is -2.44. The molecule has 2 unspecified atom stereocenters. The lowest BCUT2D eigenvalue weighted by atomic mass is 9.86. The third-order valence-corrected chi connectivity index (χ3v) is 4.23. The Labute approximate surface area is 141 Å². The number of alkyl halides is 3. The molecule has 1 aliphatic rings. The second-order valence-electron chi connectivity index (χ2n) is 6.09. The van der Waals surface area contributed by atoms with Crippen LogP contribution in [0.2, 0.25) is 0 Å². The highest BCUT2D eigenvalue weighted by Gasteiger charge is 2.45. The molecule has 136 valence electrons. The number of hydrogen-bond acceptors (Lipinski definition) is 6. The van der Waals surface area contributed by atoms with Crippen molar-refractivity contribution >= 4 is 11.9 Å². The number of piperidine rings is 1. The van der Waals surface area contributed by atoms with Crippen molar-refractivity contribution in [3.05, 3.63) is 18.4 Å². The largest absolute Gasteiger partial charge is 0.459 e. The van der Waals surface area contributed by atoms with E-state index in [2.05, 4.69) is 15.5 Å². The summed E-state index contributed by atoms with van der Waals surface area (Å²) in [7, 11) is 0. The Morgan fingerprint density at radius 1 is 1.44 bits per heavy atom. The van der Waals surface area contributed by atoms with Crippen molar-refractivity contribution in [2.24, 2.45) is 11.8 Å². The maximum atomic E-state index is 13.0. The topological polar surface area (TPSA) is 84.4 Å². The van der Waals surface area contributed by atoms with Crippen LogP contribution in [0.5, 0.6) is 0 Å². The fourth-order valence-corrected chi connectivity index (χ4v) is 2.84.